The van der Waals surface area contributed by atoms with Crippen LogP contribution in [0.5, 0.6) is 0 Å². The zero-order valence-electron chi connectivity index (χ0n) is 10.2. The zero-order chi connectivity index (χ0) is 12.8. The van der Waals surface area contributed by atoms with Crippen LogP contribution in [0.2, 0.25) is 0 Å². The summed E-state index contributed by atoms with van der Waals surface area (Å²) in [5.41, 5.74) is 13.2. The van der Waals surface area contributed by atoms with Crippen molar-refractivity contribution in [3.05, 3.63) is 23.3 Å². The predicted octanol–water partition coefficient (Wildman–Crippen LogP) is 1.35. The number of carbonyl (C=O) groups is 1. The number of ether oxygens (including phenoxy) is 2. The summed E-state index contributed by atoms with van der Waals surface area (Å²) in [6.45, 7) is 4.90. The first kappa shape index (κ1) is 13.3. The number of carbonyl (C=O) groups excluding carboxylic acids is 1. The van der Waals surface area contributed by atoms with Crippen molar-refractivity contribution in [3.8, 4) is 0 Å². The maximum Gasteiger partial charge on any atom is 0.340 e. The molecule has 0 aliphatic rings. The van der Waals surface area contributed by atoms with Gasteiger partial charge in [-0.2, -0.15) is 0 Å². The molecule has 0 spiro atoms. The van der Waals surface area contributed by atoms with Gasteiger partial charge in [-0.15, -0.1) is 0 Å². The average Bonchev–Trinajstić information content (AvgIpc) is 2.29. The van der Waals surface area contributed by atoms with Gasteiger partial charge in [0, 0.05) is 6.61 Å². The van der Waals surface area contributed by atoms with E-state index in [0.29, 0.717) is 24.5 Å². The molecule has 0 heterocycles. The molecule has 0 amide bonds. The van der Waals surface area contributed by atoms with E-state index in [-0.39, 0.29) is 12.3 Å². The van der Waals surface area contributed by atoms with Gasteiger partial charge in [0.05, 0.1) is 23.5 Å². The minimum Gasteiger partial charge on any atom is -0.460 e. The minimum atomic E-state index is -0.474. The Morgan fingerprint density at radius 3 is 2.65 bits per heavy atom. The third-order valence-corrected chi connectivity index (χ3v) is 2.24. The van der Waals surface area contributed by atoms with Crippen molar-refractivity contribution >= 4 is 17.3 Å². The molecule has 0 bridgehead atoms. The third kappa shape index (κ3) is 3.64. The van der Waals surface area contributed by atoms with Gasteiger partial charge in [-0.25, -0.2) is 4.79 Å². The Morgan fingerprint density at radius 1 is 1.29 bits per heavy atom. The number of hydrogen-bond acceptors (Lipinski definition) is 5. The molecule has 5 nitrogen and oxygen atoms in total. The van der Waals surface area contributed by atoms with Crippen molar-refractivity contribution in [1.82, 2.24) is 0 Å². The van der Waals surface area contributed by atoms with E-state index >= 15 is 0 Å². The van der Waals surface area contributed by atoms with Gasteiger partial charge in [0.2, 0.25) is 0 Å². The van der Waals surface area contributed by atoms with Crippen molar-refractivity contribution in [1.29, 1.82) is 0 Å². The molecule has 0 fully saturated rings. The first-order valence-electron chi connectivity index (χ1n) is 5.46. The van der Waals surface area contributed by atoms with Gasteiger partial charge in [0.15, 0.2) is 0 Å². The van der Waals surface area contributed by atoms with Crippen LogP contribution >= 0.6 is 0 Å². The van der Waals surface area contributed by atoms with Gasteiger partial charge in [-0.3, -0.25) is 0 Å². The van der Waals surface area contributed by atoms with E-state index in [1.54, 1.807) is 12.1 Å². The molecule has 5 heteroatoms. The molecule has 1 rings (SSSR count). The molecule has 0 radical (unpaired) electrons. The highest BCUT2D eigenvalue weighted by atomic mass is 16.6. The second kappa shape index (κ2) is 6.10. The summed E-state index contributed by atoms with van der Waals surface area (Å²) in [6, 6.07) is 3.38. The minimum absolute atomic E-state index is 0.208. The number of rotatable bonds is 5. The van der Waals surface area contributed by atoms with Crippen LogP contribution in [-0.4, -0.2) is 25.8 Å². The molecule has 0 saturated carbocycles. The summed E-state index contributed by atoms with van der Waals surface area (Å²) < 4.78 is 10.1. The molecule has 0 aliphatic carbocycles. The lowest BCUT2D eigenvalue weighted by Gasteiger charge is -2.10. The van der Waals surface area contributed by atoms with E-state index in [0.717, 1.165) is 5.56 Å². The predicted molar refractivity (Wildman–Crippen MR) is 66.8 cm³/mol. The highest BCUT2D eigenvalue weighted by molar-refractivity contribution is 5.98. The van der Waals surface area contributed by atoms with Crippen molar-refractivity contribution in [2.75, 3.05) is 31.3 Å². The Kier molecular flexibility index (Phi) is 4.78. The van der Waals surface area contributed by atoms with E-state index < -0.39 is 5.97 Å². The lowest BCUT2D eigenvalue weighted by molar-refractivity contribution is 0.0336. The normalized spacial score (nSPS) is 10.2. The van der Waals surface area contributed by atoms with E-state index in [9.17, 15) is 4.79 Å². The quantitative estimate of drug-likeness (QED) is 0.459. The highest BCUT2D eigenvalue weighted by Gasteiger charge is 2.13. The van der Waals surface area contributed by atoms with Crippen LogP contribution < -0.4 is 11.5 Å². The van der Waals surface area contributed by atoms with Crippen LogP contribution in [0.4, 0.5) is 11.4 Å². The van der Waals surface area contributed by atoms with Crippen molar-refractivity contribution in [3.63, 3.8) is 0 Å². The van der Waals surface area contributed by atoms with Crippen LogP contribution in [0.15, 0.2) is 12.1 Å². The Hall–Kier alpha value is -1.75. The molecule has 4 N–H and O–H groups in total. The maximum absolute atomic E-state index is 11.7. The topological polar surface area (TPSA) is 87.6 Å². The average molecular weight is 238 g/mol. The number of anilines is 2. The Labute approximate surface area is 101 Å². The number of esters is 1. The van der Waals surface area contributed by atoms with Crippen LogP contribution in [0.1, 0.15) is 22.8 Å². The van der Waals surface area contributed by atoms with Gasteiger partial charge < -0.3 is 20.9 Å². The van der Waals surface area contributed by atoms with Gasteiger partial charge in [0.25, 0.3) is 0 Å². The monoisotopic (exact) mass is 238 g/mol. The van der Waals surface area contributed by atoms with E-state index in [2.05, 4.69) is 0 Å². The number of nitrogens with two attached hydrogens (primary N) is 2. The van der Waals surface area contributed by atoms with E-state index in [1.165, 1.54) is 0 Å². The van der Waals surface area contributed by atoms with Crippen molar-refractivity contribution in [2.45, 2.75) is 13.8 Å². The number of aryl methyl sites for hydroxylation is 1. The van der Waals surface area contributed by atoms with Gasteiger partial charge in [-0.05, 0) is 31.5 Å². The fraction of sp³-hybridized carbons (Fsp3) is 0.417. The molecule has 94 valence electrons. The summed E-state index contributed by atoms with van der Waals surface area (Å²) in [4.78, 5) is 11.7. The Balaban J connectivity index is 2.69. The SMILES string of the molecule is CCOCCOC(=O)c1cc(C)cc(N)c1N. The second-order valence-electron chi connectivity index (χ2n) is 3.65. The Bertz CT molecular complexity index is 405. The molecule has 0 unspecified atom stereocenters. The molecular formula is C12H18N2O3. The largest absolute Gasteiger partial charge is 0.460 e. The molecule has 0 aliphatic heterocycles. The third-order valence-electron chi connectivity index (χ3n) is 2.24. The van der Waals surface area contributed by atoms with Crippen molar-refractivity contribution < 1.29 is 14.3 Å². The van der Waals surface area contributed by atoms with E-state index in [1.807, 2.05) is 13.8 Å². The fourth-order valence-corrected chi connectivity index (χ4v) is 1.41. The number of nitrogen functional groups attached to an aromatic ring is 2. The molecule has 0 aromatic heterocycles. The summed E-state index contributed by atoms with van der Waals surface area (Å²) in [7, 11) is 0. The summed E-state index contributed by atoms with van der Waals surface area (Å²) in [5.74, 6) is -0.474. The van der Waals surface area contributed by atoms with E-state index in [4.69, 9.17) is 20.9 Å². The van der Waals surface area contributed by atoms with Crippen LogP contribution in [0.3, 0.4) is 0 Å². The molecule has 1 aromatic carbocycles. The smallest absolute Gasteiger partial charge is 0.340 e. The molecular weight excluding hydrogens is 220 g/mol. The number of hydrogen-bond donors (Lipinski definition) is 2. The summed E-state index contributed by atoms with van der Waals surface area (Å²) in [6.07, 6.45) is 0. The maximum atomic E-state index is 11.7. The van der Waals surface area contributed by atoms with Crippen LogP contribution in [0.25, 0.3) is 0 Å². The first-order chi connectivity index (χ1) is 8.06. The van der Waals surface area contributed by atoms with Crippen molar-refractivity contribution in [2.24, 2.45) is 0 Å². The molecule has 17 heavy (non-hydrogen) atoms. The lowest BCUT2D eigenvalue weighted by atomic mass is 10.1. The molecule has 1 aromatic rings. The standard InChI is InChI=1S/C12H18N2O3/c1-3-16-4-5-17-12(15)9-6-8(2)7-10(13)11(9)14/h6-7H,3-5,13-14H2,1-2H3. The summed E-state index contributed by atoms with van der Waals surface area (Å²) >= 11 is 0. The highest BCUT2D eigenvalue weighted by Crippen LogP contribution is 2.22. The lowest BCUT2D eigenvalue weighted by Crippen LogP contribution is -2.13. The van der Waals surface area contributed by atoms with Crippen LogP contribution in [0, 0.1) is 6.92 Å². The molecule has 0 atom stereocenters. The zero-order valence-corrected chi connectivity index (χ0v) is 10.2. The first-order valence-corrected chi connectivity index (χ1v) is 5.46. The molecule has 0 saturated heterocycles. The fourth-order valence-electron chi connectivity index (χ4n) is 1.41. The number of benzene rings is 1. The second-order valence-corrected chi connectivity index (χ2v) is 3.65. The summed E-state index contributed by atoms with van der Waals surface area (Å²) in [5, 5.41) is 0. The van der Waals surface area contributed by atoms with Gasteiger partial charge >= 0.3 is 5.97 Å². The van der Waals surface area contributed by atoms with Gasteiger partial charge in [-0.1, -0.05) is 0 Å². The Morgan fingerprint density at radius 2 is 2.00 bits per heavy atom. The van der Waals surface area contributed by atoms with Gasteiger partial charge in [0.1, 0.15) is 6.61 Å². The van der Waals surface area contributed by atoms with Crippen LogP contribution in [-0.2, 0) is 9.47 Å².